The van der Waals surface area contributed by atoms with E-state index in [1.165, 1.54) is 6.42 Å². The summed E-state index contributed by atoms with van der Waals surface area (Å²) in [4.78, 5) is 4.37. The Balaban J connectivity index is 2.46. The fraction of sp³-hybridized carbons (Fsp3) is 0.727. The van der Waals surface area contributed by atoms with E-state index in [1.54, 1.807) is 10.8 Å². The molecule has 0 atom stereocenters. The van der Waals surface area contributed by atoms with Gasteiger partial charge in [0.25, 0.3) is 0 Å². The molecule has 1 heterocycles. The minimum atomic E-state index is 0.644. The van der Waals surface area contributed by atoms with Crippen molar-refractivity contribution in [2.24, 2.45) is 5.92 Å². The second-order valence-corrected chi connectivity index (χ2v) is 7.06. The van der Waals surface area contributed by atoms with Crippen molar-refractivity contribution in [1.29, 1.82) is 0 Å². The third-order valence-electron chi connectivity index (χ3n) is 1.94. The quantitative estimate of drug-likeness (QED) is 0.702. The van der Waals surface area contributed by atoms with Gasteiger partial charge in [0.05, 0.1) is 0 Å². The first-order chi connectivity index (χ1) is 7.09. The molecule has 1 rings (SSSR count). The molecule has 0 aliphatic heterocycles. The van der Waals surface area contributed by atoms with Gasteiger partial charge >= 0.3 is 0 Å². The smallest absolute Gasteiger partial charge is 0.178 e. The molecule has 0 aromatic carbocycles. The predicted octanol–water partition coefficient (Wildman–Crippen LogP) is 4.08. The summed E-state index contributed by atoms with van der Waals surface area (Å²) in [5.74, 6) is 0.753. The molecule has 0 saturated carbocycles. The van der Waals surface area contributed by atoms with E-state index < -0.39 is 0 Å². The van der Waals surface area contributed by atoms with Gasteiger partial charge in [-0.2, -0.15) is 0 Å². The Bertz CT molecular complexity index is 255. The van der Waals surface area contributed by atoms with E-state index in [0.717, 1.165) is 17.6 Å². The third-order valence-corrected chi connectivity index (χ3v) is 4.80. The lowest BCUT2D eigenvalue weighted by Gasteiger charge is -2.09. The van der Waals surface area contributed by atoms with Gasteiger partial charge in [-0.3, -0.25) is 0 Å². The molecule has 0 saturated heterocycles. The number of hydrogen-bond acceptors (Lipinski definition) is 3. The average Bonchev–Trinajstić information content (AvgIpc) is 2.58. The molecule has 1 aromatic heterocycles. The monoisotopic (exact) mass is 244 g/mol. The van der Waals surface area contributed by atoms with Crippen molar-refractivity contribution in [3.05, 3.63) is 12.4 Å². The van der Waals surface area contributed by atoms with E-state index in [4.69, 9.17) is 0 Å². The largest absolute Gasteiger partial charge is 0.325 e. The molecule has 2 nitrogen and oxygen atoms in total. The van der Waals surface area contributed by atoms with Crippen LogP contribution < -0.4 is 0 Å². The van der Waals surface area contributed by atoms with Crippen LogP contribution in [-0.4, -0.2) is 14.8 Å². The first-order valence-corrected chi connectivity index (χ1v) is 7.65. The van der Waals surface area contributed by atoms with Crippen molar-refractivity contribution in [1.82, 2.24) is 9.55 Å². The second kappa shape index (κ2) is 6.48. The van der Waals surface area contributed by atoms with Crippen LogP contribution in [0.25, 0.3) is 0 Å². The van der Waals surface area contributed by atoms with E-state index in [9.17, 15) is 0 Å². The minimum absolute atomic E-state index is 0.644. The van der Waals surface area contributed by atoms with Gasteiger partial charge in [-0.15, -0.1) is 0 Å². The van der Waals surface area contributed by atoms with E-state index >= 15 is 0 Å². The molecule has 15 heavy (non-hydrogen) atoms. The molecule has 0 aliphatic carbocycles. The van der Waals surface area contributed by atoms with Gasteiger partial charge in [0.1, 0.15) is 0 Å². The van der Waals surface area contributed by atoms with Crippen LogP contribution in [0.1, 0.15) is 34.1 Å². The maximum Gasteiger partial charge on any atom is 0.178 e. The van der Waals surface area contributed by atoms with Crippen LogP contribution in [-0.2, 0) is 6.54 Å². The summed E-state index contributed by atoms with van der Waals surface area (Å²) in [7, 11) is 3.65. The fourth-order valence-electron chi connectivity index (χ4n) is 1.09. The van der Waals surface area contributed by atoms with Crippen molar-refractivity contribution in [3.63, 3.8) is 0 Å². The van der Waals surface area contributed by atoms with Gasteiger partial charge in [-0.25, -0.2) is 4.98 Å². The van der Waals surface area contributed by atoms with Gasteiger partial charge in [-0.1, -0.05) is 38.5 Å². The number of nitrogens with zero attached hydrogens (tertiary/aromatic N) is 2. The van der Waals surface area contributed by atoms with Crippen molar-refractivity contribution < 1.29 is 0 Å². The Morgan fingerprint density at radius 1 is 1.33 bits per heavy atom. The molecule has 86 valence electrons. The van der Waals surface area contributed by atoms with Crippen LogP contribution in [0.5, 0.6) is 0 Å². The fourth-order valence-corrected chi connectivity index (χ4v) is 2.97. The lowest BCUT2D eigenvalue weighted by Crippen LogP contribution is -2.01. The first-order valence-electron chi connectivity index (χ1n) is 5.44. The molecule has 0 unspecified atom stereocenters. The summed E-state index contributed by atoms with van der Waals surface area (Å²) < 4.78 is 2.25. The lowest BCUT2D eigenvalue weighted by atomic mass is 10.1. The maximum atomic E-state index is 4.37. The number of aryl methyl sites for hydroxylation is 1. The molecule has 0 bridgehead atoms. The van der Waals surface area contributed by atoms with Crippen molar-refractivity contribution in [2.75, 3.05) is 0 Å². The Morgan fingerprint density at radius 3 is 2.67 bits per heavy atom. The molecule has 0 fully saturated rings. The Hall–Kier alpha value is -0.0900. The predicted molar refractivity (Wildman–Crippen MR) is 70.3 cm³/mol. The Morgan fingerprint density at radius 2 is 2.07 bits per heavy atom. The molecule has 0 radical (unpaired) electrons. The third kappa shape index (κ3) is 4.98. The summed E-state index contributed by atoms with van der Waals surface area (Å²) in [6.07, 6.45) is 5.19. The van der Waals surface area contributed by atoms with Gasteiger partial charge < -0.3 is 4.57 Å². The number of aromatic nitrogens is 2. The summed E-state index contributed by atoms with van der Waals surface area (Å²) in [6.45, 7) is 10.0. The van der Waals surface area contributed by atoms with Crippen LogP contribution in [0.15, 0.2) is 17.6 Å². The topological polar surface area (TPSA) is 17.8 Å². The molecule has 0 aliphatic rings. The van der Waals surface area contributed by atoms with Gasteiger partial charge in [0.2, 0.25) is 0 Å². The SMILES string of the molecule is CC(C)CCn1ccnc1SSC(C)C. The van der Waals surface area contributed by atoms with Gasteiger partial charge in [0, 0.05) is 24.2 Å². The van der Waals surface area contributed by atoms with Crippen molar-refractivity contribution >= 4 is 21.6 Å². The van der Waals surface area contributed by atoms with E-state index in [2.05, 4.69) is 43.4 Å². The Labute approximate surface area is 101 Å². The number of imidazole rings is 1. The van der Waals surface area contributed by atoms with Crippen LogP contribution in [0.2, 0.25) is 0 Å². The molecule has 0 N–H and O–H groups in total. The van der Waals surface area contributed by atoms with Crippen LogP contribution in [0.3, 0.4) is 0 Å². The standard InChI is InChI=1S/C11H20N2S2/c1-9(2)5-7-13-8-6-12-11(13)15-14-10(3)4/h6,8-10H,5,7H2,1-4H3. The van der Waals surface area contributed by atoms with E-state index in [1.807, 2.05) is 17.0 Å². The molecule has 4 heteroatoms. The molecular formula is C11H20N2S2. The molecular weight excluding hydrogens is 224 g/mol. The zero-order valence-corrected chi connectivity index (χ0v) is 11.6. The lowest BCUT2D eigenvalue weighted by molar-refractivity contribution is 0.496. The Kier molecular flexibility index (Phi) is 5.61. The molecule has 0 spiro atoms. The van der Waals surface area contributed by atoms with Crippen LogP contribution in [0.4, 0.5) is 0 Å². The zero-order chi connectivity index (χ0) is 11.3. The minimum Gasteiger partial charge on any atom is -0.325 e. The second-order valence-electron chi connectivity index (χ2n) is 4.31. The van der Waals surface area contributed by atoms with E-state index in [-0.39, 0.29) is 0 Å². The van der Waals surface area contributed by atoms with Gasteiger partial charge in [0.15, 0.2) is 5.16 Å². The molecule has 0 amide bonds. The van der Waals surface area contributed by atoms with Crippen LogP contribution >= 0.6 is 21.6 Å². The van der Waals surface area contributed by atoms with Crippen molar-refractivity contribution in [2.45, 2.75) is 51.1 Å². The van der Waals surface area contributed by atoms with Gasteiger partial charge in [-0.05, 0) is 23.1 Å². The average molecular weight is 244 g/mol. The summed E-state index contributed by atoms with van der Waals surface area (Å²) in [5.41, 5.74) is 0. The highest BCUT2D eigenvalue weighted by molar-refractivity contribution is 8.76. The summed E-state index contributed by atoms with van der Waals surface area (Å²) in [6, 6.07) is 0. The summed E-state index contributed by atoms with van der Waals surface area (Å²) in [5, 5.41) is 1.78. The summed E-state index contributed by atoms with van der Waals surface area (Å²) >= 11 is 0. The number of hydrogen-bond donors (Lipinski definition) is 0. The van der Waals surface area contributed by atoms with Crippen LogP contribution in [0, 0.1) is 5.92 Å². The highest BCUT2D eigenvalue weighted by Crippen LogP contribution is 2.33. The number of rotatable bonds is 6. The highest BCUT2D eigenvalue weighted by Gasteiger charge is 2.06. The molecule has 1 aromatic rings. The maximum absolute atomic E-state index is 4.37. The van der Waals surface area contributed by atoms with E-state index in [0.29, 0.717) is 5.25 Å². The van der Waals surface area contributed by atoms with Crippen molar-refractivity contribution in [3.8, 4) is 0 Å². The first kappa shape index (κ1) is 13.0. The zero-order valence-electron chi connectivity index (χ0n) is 9.93. The normalized spacial score (nSPS) is 11.6. The highest BCUT2D eigenvalue weighted by atomic mass is 33.1.